The minimum Gasteiger partial charge on any atom is -0.481 e. The fraction of sp³-hybridized carbons (Fsp3) is 0.438. The maximum Gasteiger partial charge on any atom is 0.307 e. The maximum absolute atomic E-state index is 11.1. The molecule has 0 saturated carbocycles. The fourth-order valence-corrected chi connectivity index (χ4v) is 3.19. The smallest absolute Gasteiger partial charge is 0.307 e. The number of nitrogens with zero attached hydrogens (tertiary/aromatic N) is 2. The van der Waals surface area contributed by atoms with Crippen molar-refractivity contribution in [2.45, 2.75) is 19.4 Å². The molecule has 1 atom stereocenters. The molecule has 1 aromatic heterocycles. The number of fused-ring (bicyclic) bond motifs is 1. The molecule has 0 bridgehead atoms. The molecule has 0 aliphatic carbocycles. The van der Waals surface area contributed by atoms with E-state index < -0.39 is 5.97 Å². The van der Waals surface area contributed by atoms with E-state index in [1.807, 2.05) is 6.07 Å². The first-order valence-corrected chi connectivity index (χ1v) is 7.13. The molecule has 2 aromatic rings. The Bertz CT molecular complexity index is 632. The molecule has 1 fully saturated rings. The van der Waals surface area contributed by atoms with E-state index in [4.69, 9.17) is 5.11 Å². The highest BCUT2D eigenvalue weighted by Crippen LogP contribution is 2.24. The molecule has 1 aliphatic rings. The van der Waals surface area contributed by atoms with Crippen LogP contribution in [0.15, 0.2) is 30.5 Å². The molecular formula is C16H20N2O2. The Hall–Kier alpha value is -1.81. The van der Waals surface area contributed by atoms with E-state index in [0.29, 0.717) is 6.54 Å². The third kappa shape index (κ3) is 2.43. The summed E-state index contributed by atoms with van der Waals surface area (Å²) >= 11 is 0. The quantitative estimate of drug-likeness (QED) is 0.933. The van der Waals surface area contributed by atoms with Crippen molar-refractivity contribution >= 4 is 16.9 Å². The zero-order chi connectivity index (χ0) is 14.1. The first-order chi connectivity index (χ1) is 9.65. The Morgan fingerprint density at radius 3 is 3.00 bits per heavy atom. The van der Waals surface area contributed by atoms with Gasteiger partial charge in [-0.15, -0.1) is 0 Å². The summed E-state index contributed by atoms with van der Waals surface area (Å²) in [7, 11) is 2.06. The van der Waals surface area contributed by atoms with Crippen LogP contribution in [0.4, 0.5) is 0 Å². The van der Waals surface area contributed by atoms with Crippen LogP contribution in [0.1, 0.15) is 18.4 Å². The number of para-hydroxylation sites is 1. The van der Waals surface area contributed by atoms with Crippen molar-refractivity contribution < 1.29 is 9.90 Å². The highest BCUT2D eigenvalue weighted by atomic mass is 16.4. The minimum atomic E-state index is -0.660. The van der Waals surface area contributed by atoms with Gasteiger partial charge in [0.1, 0.15) is 0 Å². The predicted octanol–water partition coefficient (Wildman–Crippen LogP) is 2.47. The number of likely N-dealkylation sites (tertiary alicyclic amines) is 1. The van der Waals surface area contributed by atoms with Crippen LogP contribution in [-0.4, -0.2) is 33.6 Å². The Morgan fingerprint density at radius 1 is 1.40 bits per heavy atom. The topological polar surface area (TPSA) is 45.5 Å². The van der Waals surface area contributed by atoms with Gasteiger partial charge in [0.2, 0.25) is 0 Å². The van der Waals surface area contributed by atoms with Crippen LogP contribution in [0.3, 0.4) is 0 Å². The zero-order valence-corrected chi connectivity index (χ0v) is 11.7. The van der Waals surface area contributed by atoms with Crippen LogP contribution in [0.25, 0.3) is 10.9 Å². The van der Waals surface area contributed by atoms with Gasteiger partial charge in [-0.3, -0.25) is 9.69 Å². The van der Waals surface area contributed by atoms with Crippen LogP contribution in [0.5, 0.6) is 0 Å². The second-order valence-electron chi connectivity index (χ2n) is 5.69. The van der Waals surface area contributed by atoms with Crippen LogP contribution >= 0.6 is 0 Å². The summed E-state index contributed by atoms with van der Waals surface area (Å²) in [5, 5.41) is 10.4. The number of aromatic nitrogens is 1. The number of benzene rings is 1. The molecule has 3 rings (SSSR count). The molecule has 4 nitrogen and oxygen atoms in total. The second-order valence-corrected chi connectivity index (χ2v) is 5.69. The highest BCUT2D eigenvalue weighted by molar-refractivity contribution is 5.83. The molecule has 1 saturated heterocycles. The molecule has 0 spiro atoms. The van der Waals surface area contributed by atoms with Crippen molar-refractivity contribution in [3.63, 3.8) is 0 Å². The van der Waals surface area contributed by atoms with Crippen molar-refractivity contribution in [2.24, 2.45) is 13.0 Å². The standard InChI is InChI=1S/C16H20N2O2/c1-17-9-13(14-6-2-3-7-15(14)17)11-18-8-4-5-12(10-18)16(19)20/h2-3,6-7,9,12H,4-5,8,10-11H2,1H3,(H,19,20). The summed E-state index contributed by atoms with van der Waals surface area (Å²) < 4.78 is 2.14. The van der Waals surface area contributed by atoms with Gasteiger partial charge < -0.3 is 9.67 Å². The van der Waals surface area contributed by atoms with Gasteiger partial charge in [0.05, 0.1) is 5.92 Å². The number of carboxylic acid groups (broad SMARTS) is 1. The van der Waals surface area contributed by atoms with Crippen LogP contribution < -0.4 is 0 Å². The summed E-state index contributed by atoms with van der Waals surface area (Å²) in [5.74, 6) is -0.869. The number of carboxylic acids is 1. The van der Waals surface area contributed by atoms with E-state index in [-0.39, 0.29) is 5.92 Å². The third-order valence-electron chi connectivity index (χ3n) is 4.23. The third-order valence-corrected chi connectivity index (χ3v) is 4.23. The summed E-state index contributed by atoms with van der Waals surface area (Å²) in [5.41, 5.74) is 2.52. The van der Waals surface area contributed by atoms with Gasteiger partial charge in [-0.1, -0.05) is 18.2 Å². The number of hydrogen-bond acceptors (Lipinski definition) is 2. The van der Waals surface area contributed by atoms with E-state index in [1.165, 1.54) is 16.5 Å². The Morgan fingerprint density at radius 2 is 2.20 bits per heavy atom. The molecule has 0 amide bonds. The summed E-state index contributed by atoms with van der Waals surface area (Å²) in [6.45, 7) is 2.50. The first-order valence-electron chi connectivity index (χ1n) is 7.13. The Labute approximate surface area is 118 Å². The number of rotatable bonds is 3. The average molecular weight is 272 g/mol. The highest BCUT2D eigenvalue weighted by Gasteiger charge is 2.25. The molecule has 1 unspecified atom stereocenters. The van der Waals surface area contributed by atoms with E-state index in [1.54, 1.807) is 0 Å². The molecule has 4 heteroatoms. The number of carbonyl (C=O) groups is 1. The zero-order valence-electron chi connectivity index (χ0n) is 11.7. The number of aryl methyl sites for hydroxylation is 1. The lowest BCUT2D eigenvalue weighted by Gasteiger charge is -2.30. The van der Waals surface area contributed by atoms with E-state index >= 15 is 0 Å². The first kappa shape index (κ1) is 13.2. The largest absolute Gasteiger partial charge is 0.481 e. The number of aliphatic carboxylic acids is 1. The van der Waals surface area contributed by atoms with E-state index in [0.717, 1.165) is 25.9 Å². The van der Waals surface area contributed by atoms with Gasteiger partial charge in [0, 0.05) is 37.2 Å². The van der Waals surface area contributed by atoms with Gasteiger partial charge in [-0.2, -0.15) is 0 Å². The number of hydrogen-bond donors (Lipinski definition) is 1. The van der Waals surface area contributed by atoms with Crippen molar-refractivity contribution in [3.8, 4) is 0 Å². The predicted molar refractivity (Wildman–Crippen MR) is 78.6 cm³/mol. The molecule has 106 valence electrons. The maximum atomic E-state index is 11.1. The molecule has 1 aliphatic heterocycles. The number of piperidine rings is 1. The van der Waals surface area contributed by atoms with Crippen molar-refractivity contribution in [1.82, 2.24) is 9.47 Å². The van der Waals surface area contributed by atoms with Gasteiger partial charge in [0.25, 0.3) is 0 Å². The molecule has 2 heterocycles. The minimum absolute atomic E-state index is 0.210. The van der Waals surface area contributed by atoms with Gasteiger partial charge in [0.15, 0.2) is 0 Å². The molecule has 1 N–H and O–H groups in total. The van der Waals surface area contributed by atoms with Gasteiger partial charge in [-0.25, -0.2) is 0 Å². The van der Waals surface area contributed by atoms with E-state index in [2.05, 4.69) is 40.9 Å². The van der Waals surface area contributed by atoms with Gasteiger partial charge >= 0.3 is 5.97 Å². The SMILES string of the molecule is Cn1cc(CN2CCCC(C(=O)O)C2)c2ccccc21. The Kier molecular flexibility index (Phi) is 3.49. The van der Waals surface area contributed by atoms with Crippen LogP contribution in [0.2, 0.25) is 0 Å². The molecule has 0 radical (unpaired) electrons. The van der Waals surface area contributed by atoms with Crippen molar-refractivity contribution in [1.29, 1.82) is 0 Å². The lowest BCUT2D eigenvalue weighted by Crippen LogP contribution is -2.38. The van der Waals surface area contributed by atoms with E-state index in [9.17, 15) is 4.79 Å². The molecular weight excluding hydrogens is 252 g/mol. The summed E-state index contributed by atoms with van der Waals surface area (Å²) in [6.07, 6.45) is 3.94. The Balaban J connectivity index is 1.81. The monoisotopic (exact) mass is 272 g/mol. The van der Waals surface area contributed by atoms with Crippen molar-refractivity contribution in [3.05, 3.63) is 36.0 Å². The summed E-state index contributed by atoms with van der Waals surface area (Å²) in [6, 6.07) is 8.37. The summed E-state index contributed by atoms with van der Waals surface area (Å²) in [4.78, 5) is 13.4. The van der Waals surface area contributed by atoms with Crippen LogP contribution in [0, 0.1) is 5.92 Å². The lowest BCUT2D eigenvalue weighted by atomic mass is 9.98. The molecule has 1 aromatic carbocycles. The fourth-order valence-electron chi connectivity index (χ4n) is 3.19. The van der Waals surface area contributed by atoms with Crippen molar-refractivity contribution in [2.75, 3.05) is 13.1 Å². The normalized spacial score (nSPS) is 20.4. The van der Waals surface area contributed by atoms with Gasteiger partial charge in [-0.05, 0) is 31.0 Å². The lowest BCUT2D eigenvalue weighted by molar-refractivity contribution is -0.143. The molecule has 20 heavy (non-hydrogen) atoms. The second kappa shape index (κ2) is 5.29. The van der Waals surface area contributed by atoms with Crippen LogP contribution in [-0.2, 0) is 18.4 Å². The average Bonchev–Trinajstić information content (AvgIpc) is 2.76.